The fourth-order valence-corrected chi connectivity index (χ4v) is 3.11. The molecule has 3 rings (SSSR count). The molecule has 1 aromatic carbocycles. The van der Waals surface area contributed by atoms with Crippen molar-refractivity contribution < 1.29 is 18.8 Å². The van der Waals surface area contributed by atoms with Gasteiger partial charge in [-0.15, -0.1) is 0 Å². The summed E-state index contributed by atoms with van der Waals surface area (Å²) >= 11 is 0. The molecule has 0 spiro atoms. The van der Waals surface area contributed by atoms with Crippen molar-refractivity contribution >= 4 is 23.4 Å². The summed E-state index contributed by atoms with van der Waals surface area (Å²) in [7, 11) is 0. The Morgan fingerprint density at radius 1 is 1.22 bits per heavy atom. The number of furan rings is 1. The van der Waals surface area contributed by atoms with Crippen LogP contribution in [0.5, 0.6) is 0 Å². The van der Waals surface area contributed by atoms with E-state index in [1.807, 2.05) is 13.8 Å². The second kappa shape index (κ2) is 8.07. The first-order chi connectivity index (χ1) is 13.0. The third-order valence-electron chi connectivity index (χ3n) is 4.59. The van der Waals surface area contributed by atoms with Gasteiger partial charge in [-0.05, 0) is 38.1 Å². The van der Waals surface area contributed by atoms with Crippen molar-refractivity contribution in [3.8, 4) is 0 Å². The molecule has 0 aliphatic carbocycles. The fraction of sp³-hybridized carbons (Fsp3) is 0.350. The van der Waals surface area contributed by atoms with Crippen molar-refractivity contribution in [2.45, 2.75) is 32.9 Å². The summed E-state index contributed by atoms with van der Waals surface area (Å²) in [6.07, 6.45) is 1.73. The minimum Gasteiger partial charge on any atom is -0.467 e. The normalized spacial score (nSPS) is 16.6. The van der Waals surface area contributed by atoms with Crippen LogP contribution in [0.4, 0.5) is 5.69 Å². The molecule has 1 fully saturated rings. The van der Waals surface area contributed by atoms with Crippen LogP contribution in [0, 0.1) is 5.92 Å². The maximum absolute atomic E-state index is 12.6. The zero-order valence-electron chi connectivity index (χ0n) is 15.4. The molecule has 1 saturated heterocycles. The molecule has 2 N–H and O–H groups in total. The summed E-state index contributed by atoms with van der Waals surface area (Å²) in [5, 5.41) is 5.57. The number of likely N-dealkylation sites (tertiary alicyclic amines) is 1. The van der Waals surface area contributed by atoms with E-state index in [-0.39, 0.29) is 36.7 Å². The number of anilines is 1. The number of nitrogens with one attached hydrogen (secondary N) is 2. The summed E-state index contributed by atoms with van der Waals surface area (Å²) in [5.41, 5.74) is 0.789. The van der Waals surface area contributed by atoms with Crippen LogP contribution in [-0.4, -0.2) is 35.2 Å². The van der Waals surface area contributed by atoms with E-state index in [2.05, 4.69) is 10.6 Å². The number of nitrogens with zero attached hydrogens (tertiary/aromatic N) is 1. The Morgan fingerprint density at radius 3 is 2.67 bits per heavy atom. The van der Waals surface area contributed by atoms with Gasteiger partial charge in [-0.3, -0.25) is 14.4 Å². The standard InChI is InChI=1S/C20H23N3O4/c1-13(2)23-12-14(10-18(23)24)19(25)22-17-8-4-3-7-16(17)20(26)21-11-15-6-5-9-27-15/h3-9,13-14H,10-12H2,1-2H3,(H,21,26)(H,22,25)/t14-/m1/s1. The van der Waals surface area contributed by atoms with Crippen molar-refractivity contribution in [1.29, 1.82) is 0 Å². The largest absolute Gasteiger partial charge is 0.467 e. The predicted octanol–water partition coefficient (Wildman–Crippen LogP) is 2.41. The van der Waals surface area contributed by atoms with Crippen LogP contribution in [-0.2, 0) is 16.1 Å². The molecular formula is C20H23N3O4. The minimum atomic E-state index is -0.417. The lowest BCUT2D eigenvalue weighted by molar-refractivity contribution is -0.129. The van der Waals surface area contributed by atoms with Crippen LogP contribution in [0.15, 0.2) is 47.1 Å². The molecule has 7 nitrogen and oxygen atoms in total. The van der Waals surface area contributed by atoms with Gasteiger partial charge in [0, 0.05) is 19.0 Å². The Bertz CT molecular complexity index is 830. The second-order valence-corrected chi connectivity index (χ2v) is 6.84. The Balaban J connectivity index is 1.66. The summed E-state index contributed by atoms with van der Waals surface area (Å²) in [6, 6.07) is 10.4. The van der Waals surface area contributed by atoms with Gasteiger partial charge in [0.15, 0.2) is 0 Å². The highest BCUT2D eigenvalue weighted by Crippen LogP contribution is 2.23. The SMILES string of the molecule is CC(C)N1C[C@H](C(=O)Nc2ccccc2C(=O)NCc2ccco2)CC1=O. The zero-order chi connectivity index (χ0) is 19.4. The lowest BCUT2D eigenvalue weighted by Crippen LogP contribution is -2.33. The average Bonchev–Trinajstić information content (AvgIpc) is 3.29. The van der Waals surface area contributed by atoms with Gasteiger partial charge in [-0.1, -0.05) is 12.1 Å². The third kappa shape index (κ3) is 4.36. The maximum atomic E-state index is 12.6. The van der Waals surface area contributed by atoms with Crippen molar-refractivity contribution in [1.82, 2.24) is 10.2 Å². The van der Waals surface area contributed by atoms with Crippen molar-refractivity contribution in [2.75, 3.05) is 11.9 Å². The Labute approximate surface area is 157 Å². The molecule has 1 atom stereocenters. The van der Waals surface area contributed by atoms with E-state index in [0.29, 0.717) is 23.6 Å². The minimum absolute atomic E-state index is 0.0189. The average molecular weight is 369 g/mol. The lowest BCUT2D eigenvalue weighted by Gasteiger charge is -2.20. The molecule has 0 unspecified atom stereocenters. The number of benzene rings is 1. The molecule has 3 amide bonds. The van der Waals surface area contributed by atoms with Crippen LogP contribution in [0.25, 0.3) is 0 Å². The predicted molar refractivity (Wildman–Crippen MR) is 99.9 cm³/mol. The van der Waals surface area contributed by atoms with Crippen LogP contribution in [0.2, 0.25) is 0 Å². The monoisotopic (exact) mass is 369 g/mol. The molecule has 7 heteroatoms. The first-order valence-corrected chi connectivity index (χ1v) is 8.95. The fourth-order valence-electron chi connectivity index (χ4n) is 3.11. The topological polar surface area (TPSA) is 91.7 Å². The summed E-state index contributed by atoms with van der Waals surface area (Å²) < 4.78 is 5.20. The van der Waals surface area contributed by atoms with E-state index in [4.69, 9.17) is 4.42 Å². The second-order valence-electron chi connectivity index (χ2n) is 6.84. The summed E-state index contributed by atoms with van der Waals surface area (Å²) in [5.74, 6) is -0.358. The van der Waals surface area contributed by atoms with Gasteiger partial charge in [-0.25, -0.2) is 0 Å². The first-order valence-electron chi connectivity index (χ1n) is 8.95. The van der Waals surface area contributed by atoms with E-state index in [1.165, 1.54) is 0 Å². The highest BCUT2D eigenvalue weighted by atomic mass is 16.3. The van der Waals surface area contributed by atoms with Crippen LogP contribution in [0.3, 0.4) is 0 Å². The molecular weight excluding hydrogens is 346 g/mol. The molecule has 27 heavy (non-hydrogen) atoms. The van der Waals surface area contributed by atoms with Gasteiger partial charge in [0.1, 0.15) is 5.76 Å². The van der Waals surface area contributed by atoms with Gasteiger partial charge in [-0.2, -0.15) is 0 Å². The van der Waals surface area contributed by atoms with Crippen molar-refractivity contribution in [2.24, 2.45) is 5.92 Å². The third-order valence-corrected chi connectivity index (χ3v) is 4.59. The molecule has 142 valence electrons. The molecule has 1 aliphatic heterocycles. The summed E-state index contributed by atoms with van der Waals surface area (Å²) in [6.45, 7) is 4.51. The smallest absolute Gasteiger partial charge is 0.253 e. The Kier molecular flexibility index (Phi) is 5.59. The lowest BCUT2D eigenvalue weighted by atomic mass is 10.1. The number of carbonyl (C=O) groups excluding carboxylic acids is 3. The molecule has 2 heterocycles. The van der Waals surface area contributed by atoms with E-state index in [1.54, 1.807) is 47.6 Å². The number of para-hydroxylation sites is 1. The van der Waals surface area contributed by atoms with Gasteiger partial charge in [0.05, 0.1) is 30.0 Å². The van der Waals surface area contributed by atoms with Crippen LogP contribution < -0.4 is 10.6 Å². The van der Waals surface area contributed by atoms with Crippen molar-refractivity contribution in [3.05, 3.63) is 54.0 Å². The van der Waals surface area contributed by atoms with Crippen LogP contribution >= 0.6 is 0 Å². The summed E-state index contributed by atoms with van der Waals surface area (Å²) in [4.78, 5) is 38.8. The van der Waals surface area contributed by atoms with E-state index in [9.17, 15) is 14.4 Å². The highest BCUT2D eigenvalue weighted by Gasteiger charge is 2.35. The zero-order valence-corrected chi connectivity index (χ0v) is 15.4. The quantitative estimate of drug-likeness (QED) is 0.818. The van der Waals surface area contributed by atoms with E-state index >= 15 is 0 Å². The Morgan fingerprint density at radius 2 is 2.00 bits per heavy atom. The number of amides is 3. The number of carbonyl (C=O) groups is 3. The molecule has 0 saturated carbocycles. The van der Waals surface area contributed by atoms with Gasteiger partial charge in [0.2, 0.25) is 11.8 Å². The maximum Gasteiger partial charge on any atom is 0.253 e. The van der Waals surface area contributed by atoms with E-state index in [0.717, 1.165) is 0 Å². The number of hydrogen-bond acceptors (Lipinski definition) is 4. The van der Waals surface area contributed by atoms with E-state index < -0.39 is 5.92 Å². The number of hydrogen-bond donors (Lipinski definition) is 2. The van der Waals surface area contributed by atoms with Gasteiger partial charge in [0.25, 0.3) is 5.91 Å². The first kappa shape index (κ1) is 18.7. The van der Waals surface area contributed by atoms with Gasteiger partial charge >= 0.3 is 0 Å². The molecule has 2 aromatic rings. The number of rotatable bonds is 6. The Hall–Kier alpha value is -3.09. The highest BCUT2D eigenvalue weighted by molar-refractivity contribution is 6.05. The van der Waals surface area contributed by atoms with Crippen LogP contribution in [0.1, 0.15) is 36.4 Å². The molecule has 0 bridgehead atoms. The molecule has 1 aromatic heterocycles. The van der Waals surface area contributed by atoms with Gasteiger partial charge < -0.3 is 20.0 Å². The molecule has 1 aliphatic rings. The van der Waals surface area contributed by atoms with Crippen molar-refractivity contribution in [3.63, 3.8) is 0 Å². The molecule has 0 radical (unpaired) electrons.